The van der Waals surface area contributed by atoms with Crippen molar-refractivity contribution in [2.45, 2.75) is 109 Å². The number of carbonyl (C=O) groups excluding carboxylic acids is 4. The smallest absolute Gasteiger partial charge is 0.320 e. The summed E-state index contributed by atoms with van der Waals surface area (Å²) in [7, 11) is 1.57. The van der Waals surface area contributed by atoms with Gasteiger partial charge in [0.15, 0.2) is 0 Å². The van der Waals surface area contributed by atoms with Gasteiger partial charge in [-0.2, -0.15) is 0 Å². The van der Waals surface area contributed by atoms with Gasteiger partial charge >= 0.3 is 17.9 Å². The lowest BCUT2D eigenvalue weighted by Crippen LogP contribution is -2.34. The highest BCUT2D eigenvalue weighted by molar-refractivity contribution is 5.87. The van der Waals surface area contributed by atoms with Gasteiger partial charge in [0.05, 0.1) is 32.3 Å². The van der Waals surface area contributed by atoms with Crippen molar-refractivity contribution in [1.82, 2.24) is 21.3 Å². The average Bonchev–Trinajstić information content (AvgIpc) is 3.09. The lowest BCUT2D eigenvalue weighted by molar-refractivity contribution is -0.144. The van der Waals surface area contributed by atoms with Crippen molar-refractivity contribution in [2.75, 3.05) is 66.3 Å². The van der Waals surface area contributed by atoms with Crippen LogP contribution in [0, 0.1) is 5.92 Å². The quantitative estimate of drug-likeness (QED) is 0.0447. The van der Waals surface area contributed by atoms with E-state index in [-0.39, 0.29) is 62.0 Å². The molecule has 0 aliphatic rings. The first-order valence-electron chi connectivity index (χ1n) is 18.4. The maximum atomic E-state index is 12.3. The number of carboxylic acid groups (broad SMARTS) is 3. The van der Waals surface area contributed by atoms with Gasteiger partial charge in [0.25, 0.3) is 0 Å². The van der Waals surface area contributed by atoms with Crippen molar-refractivity contribution in [1.29, 1.82) is 0 Å². The Morgan fingerprint density at radius 1 is 0.500 bits per heavy atom. The van der Waals surface area contributed by atoms with Crippen LogP contribution in [0.3, 0.4) is 0 Å². The third-order valence-corrected chi connectivity index (χ3v) is 7.93. The summed E-state index contributed by atoms with van der Waals surface area (Å²) < 4.78 is 16.4. The van der Waals surface area contributed by atoms with E-state index in [1.165, 1.54) is 0 Å². The minimum absolute atomic E-state index is 0.00986. The van der Waals surface area contributed by atoms with Crippen LogP contribution in [0.25, 0.3) is 0 Å². The van der Waals surface area contributed by atoms with E-state index in [2.05, 4.69) is 21.3 Å². The predicted octanol–water partition coefficient (Wildman–Crippen LogP) is 1.65. The van der Waals surface area contributed by atoms with Crippen LogP contribution >= 0.6 is 0 Å². The summed E-state index contributed by atoms with van der Waals surface area (Å²) in [5.74, 6) is -4.98. The van der Waals surface area contributed by atoms with Crippen LogP contribution in [-0.4, -0.2) is 129 Å². The molecule has 0 aromatic heterocycles. The van der Waals surface area contributed by atoms with E-state index >= 15 is 0 Å². The number of likely N-dealkylation sites (N-methyl/N-ethyl adjacent to an activating group) is 1. The minimum Gasteiger partial charge on any atom is -0.481 e. The largest absolute Gasteiger partial charge is 0.481 e. The van der Waals surface area contributed by atoms with Gasteiger partial charge in [0.1, 0.15) is 11.8 Å². The topological polar surface area (TPSA) is 256 Å². The van der Waals surface area contributed by atoms with Crippen LogP contribution in [0.15, 0.2) is 0 Å². The number of carboxylic acids is 3. The second kappa shape index (κ2) is 33.2. The van der Waals surface area contributed by atoms with Crippen molar-refractivity contribution < 1.29 is 63.1 Å². The molecule has 0 radical (unpaired) electrons. The number of rotatable bonds is 37. The second-order valence-electron chi connectivity index (χ2n) is 12.4. The number of unbranched alkanes of at least 4 members (excludes halogenated alkanes) is 4. The summed E-state index contributed by atoms with van der Waals surface area (Å²) in [5.41, 5.74) is 0. The maximum absolute atomic E-state index is 12.3. The van der Waals surface area contributed by atoms with Gasteiger partial charge in [-0.15, -0.1) is 0 Å². The first-order valence-corrected chi connectivity index (χ1v) is 18.4. The molecule has 0 spiro atoms. The van der Waals surface area contributed by atoms with E-state index in [1.807, 2.05) is 0 Å². The first-order chi connectivity index (χ1) is 25.0. The zero-order valence-electron chi connectivity index (χ0n) is 30.8. The number of ether oxygens (including phenoxy) is 3. The maximum Gasteiger partial charge on any atom is 0.320 e. The highest BCUT2D eigenvalue weighted by Gasteiger charge is 2.22. The molecule has 17 nitrogen and oxygen atoms in total. The van der Waals surface area contributed by atoms with Crippen molar-refractivity contribution >= 4 is 41.4 Å². The third-order valence-electron chi connectivity index (χ3n) is 7.93. The van der Waals surface area contributed by atoms with Crippen LogP contribution in [-0.2, 0) is 47.8 Å². The highest BCUT2D eigenvalue weighted by atomic mass is 16.5. The Morgan fingerprint density at radius 2 is 1.00 bits per heavy atom. The van der Waals surface area contributed by atoms with Crippen LogP contribution in [0.1, 0.15) is 103 Å². The van der Waals surface area contributed by atoms with E-state index in [0.717, 1.165) is 19.3 Å². The van der Waals surface area contributed by atoms with Crippen molar-refractivity contribution in [2.24, 2.45) is 5.92 Å². The molecule has 0 aromatic rings. The van der Waals surface area contributed by atoms with Gasteiger partial charge in [-0.1, -0.05) is 12.8 Å². The SMILES string of the molecule is CN[C@@H](CCCCNC(=O)CC[C@H](CC(=O)CCC(=O)NCCCOCCOCCOCCCNC(=O)CCCCCCC(=O)O)C(=O)O)C(=O)O. The molecular weight excluding hydrogens is 684 g/mol. The zero-order valence-corrected chi connectivity index (χ0v) is 30.8. The highest BCUT2D eigenvalue weighted by Crippen LogP contribution is 2.14. The molecular formula is C35H62N4O13. The van der Waals surface area contributed by atoms with Crippen molar-refractivity contribution in [3.8, 4) is 0 Å². The first kappa shape index (κ1) is 48.3. The Kier molecular flexibility index (Phi) is 30.8. The van der Waals surface area contributed by atoms with E-state index in [1.54, 1.807) is 7.05 Å². The molecule has 0 aromatic carbocycles. The lowest BCUT2D eigenvalue weighted by atomic mass is 9.95. The molecule has 0 rings (SSSR count). The van der Waals surface area contributed by atoms with E-state index < -0.39 is 29.9 Å². The van der Waals surface area contributed by atoms with Gasteiger partial charge in [0.2, 0.25) is 17.7 Å². The molecule has 300 valence electrons. The molecule has 0 aliphatic heterocycles. The molecule has 0 saturated heterocycles. The molecule has 17 heteroatoms. The van der Waals surface area contributed by atoms with Crippen LogP contribution in [0.4, 0.5) is 0 Å². The Labute approximate surface area is 306 Å². The van der Waals surface area contributed by atoms with Gasteiger partial charge in [-0.3, -0.25) is 33.6 Å². The monoisotopic (exact) mass is 746 g/mol. The van der Waals surface area contributed by atoms with Gasteiger partial charge < -0.3 is 50.8 Å². The van der Waals surface area contributed by atoms with Crippen LogP contribution in [0.5, 0.6) is 0 Å². The fraction of sp³-hybridized carbons (Fsp3) is 0.800. The van der Waals surface area contributed by atoms with Gasteiger partial charge in [0, 0.05) is 71.4 Å². The molecule has 0 bridgehead atoms. The summed E-state index contributed by atoms with van der Waals surface area (Å²) >= 11 is 0. The van der Waals surface area contributed by atoms with Crippen molar-refractivity contribution in [3.05, 3.63) is 0 Å². The average molecular weight is 747 g/mol. The number of carbonyl (C=O) groups is 7. The van der Waals surface area contributed by atoms with E-state index in [9.17, 15) is 38.7 Å². The Balaban J connectivity index is 3.70. The Morgan fingerprint density at radius 3 is 1.52 bits per heavy atom. The Bertz CT molecular complexity index is 1040. The van der Waals surface area contributed by atoms with Gasteiger partial charge in [-0.05, 0) is 58.4 Å². The minimum atomic E-state index is -1.18. The fourth-order valence-corrected chi connectivity index (χ4v) is 4.87. The summed E-state index contributed by atoms with van der Waals surface area (Å²) in [6.45, 7) is 3.74. The molecule has 52 heavy (non-hydrogen) atoms. The second-order valence-corrected chi connectivity index (χ2v) is 12.4. The molecule has 0 unspecified atom stereocenters. The van der Waals surface area contributed by atoms with E-state index in [0.29, 0.717) is 104 Å². The summed E-state index contributed by atoms with van der Waals surface area (Å²) in [5, 5.41) is 38.0. The zero-order chi connectivity index (χ0) is 38.8. The molecule has 3 amide bonds. The molecule has 0 saturated carbocycles. The number of hydrogen-bond acceptors (Lipinski definition) is 11. The fourth-order valence-electron chi connectivity index (χ4n) is 4.87. The predicted molar refractivity (Wildman–Crippen MR) is 190 cm³/mol. The summed E-state index contributed by atoms with van der Waals surface area (Å²) in [6.07, 6.45) is 5.99. The Hall–Kier alpha value is -3.67. The van der Waals surface area contributed by atoms with E-state index in [4.69, 9.17) is 24.4 Å². The standard InChI is InChI=1S/C35H62N4O13/c1-36-29(35(48)49)10-6-7-17-37-31(42)15-13-27(34(46)47)26-28(40)14-16-32(43)39-19-9-21-51-23-25-52-24-22-50-20-8-18-38-30(41)11-4-2-3-5-12-33(44)45/h27,29,36H,2-26H2,1H3,(H,37,42)(H,38,41)(H,39,43)(H,44,45)(H,46,47)(H,48,49)/t27-,29+/m1/s1. The number of Topliss-reactive ketones (excluding diaryl/α,β-unsaturated/α-hetero) is 1. The van der Waals surface area contributed by atoms with Crippen LogP contribution < -0.4 is 21.3 Å². The number of hydrogen-bond donors (Lipinski definition) is 7. The molecule has 0 heterocycles. The summed E-state index contributed by atoms with van der Waals surface area (Å²) in [6, 6.07) is -0.647. The van der Waals surface area contributed by atoms with Crippen LogP contribution in [0.2, 0.25) is 0 Å². The number of ketones is 1. The number of amides is 3. The molecule has 7 N–H and O–H groups in total. The lowest BCUT2D eigenvalue weighted by Gasteiger charge is -2.12. The third kappa shape index (κ3) is 31.1. The number of nitrogens with one attached hydrogen (secondary N) is 4. The normalized spacial score (nSPS) is 12.1. The molecule has 0 aliphatic carbocycles. The molecule has 2 atom stereocenters. The molecule has 0 fully saturated rings. The summed E-state index contributed by atoms with van der Waals surface area (Å²) in [4.78, 5) is 81.3. The van der Waals surface area contributed by atoms with Crippen molar-refractivity contribution in [3.63, 3.8) is 0 Å². The number of aliphatic carboxylic acids is 3. The van der Waals surface area contributed by atoms with Gasteiger partial charge in [-0.25, -0.2) is 0 Å².